The van der Waals surface area contributed by atoms with E-state index in [1.165, 1.54) is 41.3 Å². The van der Waals surface area contributed by atoms with Crippen molar-refractivity contribution in [1.82, 2.24) is 0 Å². The topological polar surface area (TPSA) is 12.0 Å². The molecule has 1 nitrogen and oxygen atoms in total. The maximum atomic E-state index is 4.01. The number of anilines is 1. The summed E-state index contributed by atoms with van der Waals surface area (Å²) in [6.07, 6.45) is 4.96. The average Bonchev–Trinajstić information content (AvgIpc) is 2.45. The molecule has 0 amide bonds. The largest absolute Gasteiger partial charge is 0.379 e. The van der Waals surface area contributed by atoms with Gasteiger partial charge in [0.15, 0.2) is 0 Å². The molecule has 1 aliphatic rings. The lowest BCUT2D eigenvalue weighted by atomic mass is 9.73. The summed E-state index contributed by atoms with van der Waals surface area (Å²) in [4.78, 5) is 0. The van der Waals surface area contributed by atoms with Crippen molar-refractivity contribution in [2.75, 3.05) is 5.32 Å². The molecule has 0 spiro atoms. The SMILES string of the molecule is CC(C)CC(C)CC1(CC(C)C)Cc2cccc3cccc(c23)N1. The van der Waals surface area contributed by atoms with Crippen molar-refractivity contribution < 1.29 is 0 Å². The standard InChI is InChI=1S/C23H33N/c1-16(2)12-18(5)14-23(13-17(3)4)15-20-10-6-8-19-9-7-11-21(24-23)22(19)20/h6-11,16-18,24H,12-15H2,1-5H3. The Balaban J connectivity index is 1.96. The lowest BCUT2D eigenvalue weighted by molar-refractivity contribution is 0.275. The second-order valence-corrected chi connectivity index (χ2v) is 8.94. The van der Waals surface area contributed by atoms with Crippen molar-refractivity contribution >= 4 is 16.5 Å². The number of nitrogens with one attached hydrogen (secondary N) is 1. The van der Waals surface area contributed by atoms with Crippen LogP contribution in [0.25, 0.3) is 10.8 Å². The molecule has 1 aliphatic heterocycles. The maximum Gasteiger partial charge on any atom is 0.0427 e. The molecule has 0 bridgehead atoms. The number of hydrogen-bond donors (Lipinski definition) is 1. The van der Waals surface area contributed by atoms with E-state index in [0.29, 0.717) is 5.92 Å². The molecule has 2 aromatic rings. The summed E-state index contributed by atoms with van der Waals surface area (Å²) in [7, 11) is 0. The van der Waals surface area contributed by atoms with E-state index in [2.05, 4.69) is 76.3 Å². The highest BCUT2D eigenvalue weighted by Crippen LogP contribution is 2.42. The zero-order valence-electron chi connectivity index (χ0n) is 16.0. The Labute approximate surface area is 147 Å². The monoisotopic (exact) mass is 323 g/mol. The summed E-state index contributed by atoms with van der Waals surface area (Å²) in [6.45, 7) is 11.8. The number of benzene rings is 2. The molecule has 2 unspecified atom stereocenters. The molecule has 2 atom stereocenters. The Kier molecular flexibility index (Phi) is 4.90. The van der Waals surface area contributed by atoms with Gasteiger partial charge < -0.3 is 5.32 Å². The quantitative estimate of drug-likeness (QED) is 0.626. The maximum absolute atomic E-state index is 4.01. The predicted octanol–water partition coefficient (Wildman–Crippen LogP) is 6.67. The fourth-order valence-corrected chi connectivity index (χ4v) is 5.03. The third-order valence-electron chi connectivity index (χ3n) is 5.33. The van der Waals surface area contributed by atoms with Gasteiger partial charge in [0.1, 0.15) is 0 Å². The molecule has 24 heavy (non-hydrogen) atoms. The molecular weight excluding hydrogens is 290 g/mol. The van der Waals surface area contributed by atoms with Crippen molar-refractivity contribution in [3.05, 3.63) is 42.0 Å². The van der Waals surface area contributed by atoms with Crippen LogP contribution < -0.4 is 5.32 Å². The Bertz CT molecular complexity index is 657. The van der Waals surface area contributed by atoms with Crippen LogP contribution in [-0.2, 0) is 6.42 Å². The van der Waals surface area contributed by atoms with Crippen molar-refractivity contribution in [3.63, 3.8) is 0 Å². The van der Waals surface area contributed by atoms with E-state index in [1.54, 1.807) is 0 Å². The Morgan fingerprint density at radius 3 is 2.29 bits per heavy atom. The van der Waals surface area contributed by atoms with Crippen LogP contribution in [0.2, 0.25) is 0 Å². The highest BCUT2D eigenvalue weighted by Gasteiger charge is 2.36. The average molecular weight is 324 g/mol. The Morgan fingerprint density at radius 1 is 0.917 bits per heavy atom. The minimum absolute atomic E-state index is 0.200. The summed E-state index contributed by atoms with van der Waals surface area (Å²) < 4.78 is 0. The van der Waals surface area contributed by atoms with Crippen molar-refractivity contribution in [2.24, 2.45) is 17.8 Å². The molecule has 0 radical (unpaired) electrons. The first-order chi connectivity index (χ1) is 11.4. The summed E-state index contributed by atoms with van der Waals surface area (Å²) in [5.41, 5.74) is 3.07. The van der Waals surface area contributed by atoms with Crippen LogP contribution in [0.3, 0.4) is 0 Å². The number of hydrogen-bond acceptors (Lipinski definition) is 1. The van der Waals surface area contributed by atoms with E-state index in [1.807, 2.05) is 0 Å². The molecule has 0 aromatic heterocycles. The van der Waals surface area contributed by atoms with Gasteiger partial charge in [-0.2, -0.15) is 0 Å². The molecule has 0 aliphatic carbocycles. The third kappa shape index (κ3) is 3.61. The van der Waals surface area contributed by atoms with E-state index in [4.69, 9.17) is 0 Å². The molecule has 2 aromatic carbocycles. The van der Waals surface area contributed by atoms with Crippen molar-refractivity contribution in [3.8, 4) is 0 Å². The summed E-state index contributed by atoms with van der Waals surface area (Å²) in [5.74, 6) is 2.23. The summed E-state index contributed by atoms with van der Waals surface area (Å²) in [5, 5.41) is 6.82. The molecule has 3 rings (SSSR count). The van der Waals surface area contributed by atoms with Crippen LogP contribution in [0, 0.1) is 17.8 Å². The lowest BCUT2D eigenvalue weighted by Gasteiger charge is -2.43. The first-order valence-corrected chi connectivity index (χ1v) is 9.67. The zero-order valence-corrected chi connectivity index (χ0v) is 16.0. The van der Waals surface area contributed by atoms with Crippen LogP contribution in [-0.4, -0.2) is 5.54 Å². The minimum Gasteiger partial charge on any atom is -0.379 e. The highest BCUT2D eigenvalue weighted by atomic mass is 15.0. The molecule has 0 saturated carbocycles. The number of rotatable bonds is 6. The van der Waals surface area contributed by atoms with Gasteiger partial charge in [0.2, 0.25) is 0 Å². The summed E-state index contributed by atoms with van der Waals surface area (Å²) in [6, 6.07) is 13.5. The van der Waals surface area contributed by atoms with Crippen LogP contribution in [0.15, 0.2) is 36.4 Å². The third-order valence-corrected chi connectivity index (χ3v) is 5.33. The first kappa shape index (κ1) is 17.3. The van der Waals surface area contributed by atoms with Crippen LogP contribution in [0.4, 0.5) is 5.69 Å². The molecule has 1 heterocycles. The molecule has 0 saturated heterocycles. The molecule has 0 fully saturated rings. The van der Waals surface area contributed by atoms with E-state index >= 15 is 0 Å². The highest BCUT2D eigenvalue weighted by molar-refractivity contribution is 5.98. The second kappa shape index (κ2) is 6.78. The fraction of sp³-hybridized carbons (Fsp3) is 0.565. The van der Waals surface area contributed by atoms with E-state index in [-0.39, 0.29) is 5.54 Å². The van der Waals surface area contributed by atoms with Crippen LogP contribution in [0.5, 0.6) is 0 Å². The van der Waals surface area contributed by atoms with E-state index in [0.717, 1.165) is 18.3 Å². The Hall–Kier alpha value is -1.50. The van der Waals surface area contributed by atoms with Gasteiger partial charge in [-0.15, -0.1) is 0 Å². The van der Waals surface area contributed by atoms with Crippen LogP contribution >= 0.6 is 0 Å². The van der Waals surface area contributed by atoms with Gasteiger partial charge in [-0.05, 0) is 60.5 Å². The van der Waals surface area contributed by atoms with Crippen molar-refractivity contribution in [1.29, 1.82) is 0 Å². The van der Waals surface area contributed by atoms with Gasteiger partial charge in [0.05, 0.1) is 0 Å². The molecular formula is C23H33N. The normalized spacial score (nSPS) is 21.3. The second-order valence-electron chi connectivity index (χ2n) is 8.94. The van der Waals surface area contributed by atoms with Gasteiger partial charge >= 0.3 is 0 Å². The zero-order chi connectivity index (χ0) is 17.3. The summed E-state index contributed by atoms with van der Waals surface area (Å²) >= 11 is 0. The predicted molar refractivity (Wildman–Crippen MR) is 107 cm³/mol. The van der Waals surface area contributed by atoms with Gasteiger partial charge in [-0.3, -0.25) is 0 Å². The lowest BCUT2D eigenvalue weighted by Crippen LogP contribution is -2.45. The van der Waals surface area contributed by atoms with E-state index in [9.17, 15) is 0 Å². The molecule has 1 heteroatoms. The fourth-order valence-electron chi connectivity index (χ4n) is 5.03. The van der Waals surface area contributed by atoms with Gasteiger partial charge in [0.25, 0.3) is 0 Å². The van der Waals surface area contributed by atoms with Crippen LogP contribution in [0.1, 0.15) is 59.4 Å². The van der Waals surface area contributed by atoms with Gasteiger partial charge in [-0.25, -0.2) is 0 Å². The minimum atomic E-state index is 0.200. The molecule has 1 N–H and O–H groups in total. The van der Waals surface area contributed by atoms with Crippen molar-refractivity contribution in [2.45, 2.75) is 65.8 Å². The Morgan fingerprint density at radius 2 is 1.62 bits per heavy atom. The van der Waals surface area contributed by atoms with E-state index < -0.39 is 0 Å². The molecule has 130 valence electrons. The van der Waals surface area contributed by atoms with Gasteiger partial charge in [-0.1, -0.05) is 65.0 Å². The smallest absolute Gasteiger partial charge is 0.0427 e. The first-order valence-electron chi connectivity index (χ1n) is 9.67. The van der Waals surface area contributed by atoms with Gasteiger partial charge in [0, 0.05) is 16.6 Å².